The maximum atomic E-state index is 14.4. The molecule has 3 unspecified atom stereocenters. The highest BCUT2D eigenvalue weighted by atomic mass is 19.1. The Bertz CT molecular complexity index is 862. The Hall–Kier alpha value is -2.69. The number of hydrogen-bond donors (Lipinski definition) is 1. The molecule has 0 radical (unpaired) electrons. The number of fused-ring (bicyclic) bond motifs is 3. The Balaban J connectivity index is 1.88. The summed E-state index contributed by atoms with van der Waals surface area (Å²) in [5.74, 6) is -0.422. The van der Waals surface area contributed by atoms with Crippen molar-refractivity contribution in [2.45, 2.75) is 25.3 Å². The number of nitro benzene ring substituents is 1. The van der Waals surface area contributed by atoms with Gasteiger partial charge in [0.15, 0.2) is 0 Å². The Labute approximate surface area is 139 Å². The quantitative estimate of drug-likeness (QED) is 0.487. The molecule has 0 spiro atoms. The van der Waals surface area contributed by atoms with E-state index in [9.17, 15) is 14.5 Å². The second kappa shape index (κ2) is 5.44. The van der Waals surface area contributed by atoms with E-state index in [1.165, 1.54) is 12.1 Å². The molecular formula is C19H17FN2O2. The molecule has 0 bridgehead atoms. The Morgan fingerprint density at radius 1 is 1.29 bits per heavy atom. The molecule has 1 aliphatic heterocycles. The molecule has 1 heterocycles. The minimum atomic E-state index is -0.438. The predicted octanol–water partition coefficient (Wildman–Crippen LogP) is 4.87. The van der Waals surface area contributed by atoms with Gasteiger partial charge in [-0.15, -0.1) is 0 Å². The lowest BCUT2D eigenvalue weighted by Gasteiger charge is -2.37. The van der Waals surface area contributed by atoms with Crippen LogP contribution in [0.1, 0.15) is 35.1 Å². The van der Waals surface area contributed by atoms with E-state index in [4.69, 9.17) is 0 Å². The summed E-state index contributed by atoms with van der Waals surface area (Å²) in [6, 6.07) is 10.5. The lowest BCUT2D eigenvalue weighted by atomic mass is 9.76. The monoisotopic (exact) mass is 324 g/mol. The van der Waals surface area contributed by atoms with Crippen molar-refractivity contribution in [2.75, 3.05) is 5.32 Å². The van der Waals surface area contributed by atoms with E-state index < -0.39 is 10.7 Å². The predicted molar refractivity (Wildman–Crippen MR) is 90.6 cm³/mol. The SMILES string of the molecule is Cc1cccc(C2Nc3c(F)ccc([N+](=O)[O-])c3C3C=CCC32)c1. The van der Waals surface area contributed by atoms with Crippen LogP contribution in [-0.4, -0.2) is 4.92 Å². The lowest BCUT2D eigenvalue weighted by Crippen LogP contribution is -2.30. The van der Waals surface area contributed by atoms with Crippen LogP contribution in [0.25, 0.3) is 0 Å². The molecule has 24 heavy (non-hydrogen) atoms. The number of halogens is 1. The van der Waals surface area contributed by atoms with Crippen LogP contribution in [-0.2, 0) is 0 Å². The summed E-state index contributed by atoms with van der Waals surface area (Å²) < 4.78 is 14.4. The highest BCUT2D eigenvalue weighted by Crippen LogP contribution is 2.53. The summed E-state index contributed by atoms with van der Waals surface area (Å²) in [6.07, 6.45) is 4.85. The molecule has 1 aliphatic carbocycles. The number of nitro groups is 1. The van der Waals surface area contributed by atoms with Gasteiger partial charge < -0.3 is 5.32 Å². The first-order valence-corrected chi connectivity index (χ1v) is 8.03. The van der Waals surface area contributed by atoms with Gasteiger partial charge in [-0.05, 0) is 30.9 Å². The molecular weight excluding hydrogens is 307 g/mol. The van der Waals surface area contributed by atoms with Gasteiger partial charge in [-0.3, -0.25) is 10.1 Å². The van der Waals surface area contributed by atoms with Gasteiger partial charge in [0.1, 0.15) is 5.82 Å². The van der Waals surface area contributed by atoms with Crippen LogP contribution < -0.4 is 5.32 Å². The van der Waals surface area contributed by atoms with Gasteiger partial charge in [0.25, 0.3) is 5.69 Å². The number of hydrogen-bond acceptors (Lipinski definition) is 3. The largest absolute Gasteiger partial charge is 0.375 e. The normalized spacial score (nSPS) is 24.2. The van der Waals surface area contributed by atoms with E-state index in [1.807, 2.05) is 37.3 Å². The standard InChI is InChI=1S/C19H17FN2O2/c1-11-4-2-5-12(10-11)18-14-7-3-6-13(14)17-16(22(23)24)9-8-15(20)19(17)21-18/h2-6,8-10,13-14,18,21H,7H2,1H3. The molecule has 2 aromatic carbocycles. The minimum Gasteiger partial charge on any atom is -0.375 e. The molecule has 122 valence electrons. The van der Waals surface area contributed by atoms with Gasteiger partial charge in [0.2, 0.25) is 0 Å². The van der Waals surface area contributed by atoms with Crippen LogP contribution in [0.3, 0.4) is 0 Å². The van der Waals surface area contributed by atoms with Crippen molar-refractivity contribution in [1.29, 1.82) is 0 Å². The molecule has 1 N–H and O–H groups in total. The van der Waals surface area contributed by atoms with Gasteiger partial charge >= 0.3 is 0 Å². The summed E-state index contributed by atoms with van der Waals surface area (Å²) in [5.41, 5.74) is 2.96. The van der Waals surface area contributed by atoms with Crippen LogP contribution >= 0.6 is 0 Å². The number of rotatable bonds is 2. The third kappa shape index (κ3) is 2.19. The Morgan fingerprint density at radius 3 is 2.88 bits per heavy atom. The molecule has 0 amide bonds. The Morgan fingerprint density at radius 2 is 2.12 bits per heavy atom. The van der Waals surface area contributed by atoms with E-state index in [0.717, 1.165) is 17.5 Å². The van der Waals surface area contributed by atoms with Crippen molar-refractivity contribution in [3.05, 3.63) is 81.2 Å². The van der Waals surface area contributed by atoms with E-state index in [0.29, 0.717) is 5.56 Å². The van der Waals surface area contributed by atoms with Gasteiger partial charge in [0.05, 0.1) is 22.2 Å². The molecule has 0 saturated heterocycles. The molecule has 4 nitrogen and oxygen atoms in total. The third-order valence-corrected chi connectivity index (χ3v) is 5.04. The molecule has 0 saturated carbocycles. The van der Waals surface area contributed by atoms with E-state index in [2.05, 4.69) is 11.4 Å². The topological polar surface area (TPSA) is 55.2 Å². The fourth-order valence-corrected chi connectivity index (χ4v) is 4.01. The van der Waals surface area contributed by atoms with E-state index in [1.54, 1.807) is 0 Å². The minimum absolute atomic E-state index is 0.0110. The van der Waals surface area contributed by atoms with E-state index in [-0.39, 0.29) is 29.3 Å². The summed E-state index contributed by atoms with van der Waals surface area (Å²) in [6.45, 7) is 2.02. The first-order valence-electron chi connectivity index (χ1n) is 8.03. The molecule has 0 aromatic heterocycles. The summed E-state index contributed by atoms with van der Waals surface area (Å²) in [5, 5.41) is 14.7. The van der Waals surface area contributed by atoms with Crippen LogP contribution in [0.5, 0.6) is 0 Å². The second-order valence-corrected chi connectivity index (χ2v) is 6.50. The van der Waals surface area contributed by atoms with Crippen molar-refractivity contribution >= 4 is 11.4 Å². The molecule has 2 aromatic rings. The first-order chi connectivity index (χ1) is 11.6. The zero-order valence-corrected chi connectivity index (χ0v) is 13.2. The maximum Gasteiger partial charge on any atom is 0.275 e. The van der Waals surface area contributed by atoms with Gasteiger partial charge in [-0.25, -0.2) is 4.39 Å². The molecule has 2 aliphatic rings. The van der Waals surface area contributed by atoms with E-state index >= 15 is 0 Å². The number of benzene rings is 2. The number of allylic oxidation sites excluding steroid dienone is 2. The second-order valence-electron chi connectivity index (χ2n) is 6.50. The molecule has 3 atom stereocenters. The fraction of sp³-hybridized carbons (Fsp3) is 0.263. The van der Waals surface area contributed by atoms with Crippen molar-refractivity contribution < 1.29 is 9.31 Å². The highest BCUT2D eigenvalue weighted by Gasteiger charge is 2.42. The first kappa shape index (κ1) is 14.9. The van der Waals surface area contributed by atoms with Crippen molar-refractivity contribution in [2.24, 2.45) is 5.92 Å². The number of anilines is 1. The van der Waals surface area contributed by atoms with Crippen molar-refractivity contribution in [1.82, 2.24) is 0 Å². The lowest BCUT2D eigenvalue weighted by molar-refractivity contribution is -0.385. The Kier molecular flexibility index (Phi) is 3.37. The summed E-state index contributed by atoms with van der Waals surface area (Å²) in [7, 11) is 0. The molecule has 0 fully saturated rings. The third-order valence-electron chi connectivity index (χ3n) is 5.04. The summed E-state index contributed by atoms with van der Waals surface area (Å²) in [4.78, 5) is 11.0. The van der Waals surface area contributed by atoms with Crippen molar-refractivity contribution in [3.63, 3.8) is 0 Å². The van der Waals surface area contributed by atoms with Gasteiger partial charge in [0, 0.05) is 12.0 Å². The zero-order chi connectivity index (χ0) is 16.8. The van der Waals surface area contributed by atoms with Gasteiger partial charge in [-0.1, -0.05) is 42.0 Å². The summed E-state index contributed by atoms with van der Waals surface area (Å²) >= 11 is 0. The maximum absolute atomic E-state index is 14.4. The zero-order valence-electron chi connectivity index (χ0n) is 13.2. The number of aryl methyl sites for hydroxylation is 1. The van der Waals surface area contributed by atoms with Gasteiger partial charge in [-0.2, -0.15) is 0 Å². The van der Waals surface area contributed by atoms with Crippen LogP contribution in [0.2, 0.25) is 0 Å². The highest BCUT2D eigenvalue weighted by molar-refractivity contribution is 5.67. The smallest absolute Gasteiger partial charge is 0.275 e. The number of nitrogens with one attached hydrogen (secondary N) is 1. The van der Waals surface area contributed by atoms with Crippen molar-refractivity contribution in [3.8, 4) is 0 Å². The van der Waals surface area contributed by atoms with Crippen LogP contribution in [0.4, 0.5) is 15.8 Å². The van der Waals surface area contributed by atoms with Crippen LogP contribution in [0, 0.1) is 28.8 Å². The van der Waals surface area contributed by atoms with Crippen LogP contribution in [0.15, 0.2) is 48.6 Å². The average Bonchev–Trinajstić information content (AvgIpc) is 3.04. The molecule has 4 rings (SSSR count). The fourth-order valence-electron chi connectivity index (χ4n) is 4.01. The average molecular weight is 324 g/mol. The molecule has 5 heteroatoms. The number of nitrogens with zero attached hydrogens (tertiary/aromatic N) is 1.